The van der Waals surface area contributed by atoms with Gasteiger partial charge in [-0.2, -0.15) is 5.10 Å². The summed E-state index contributed by atoms with van der Waals surface area (Å²) in [6, 6.07) is 5.39. The maximum Gasteiger partial charge on any atom is 0.269 e. The molecule has 0 aliphatic rings. The summed E-state index contributed by atoms with van der Waals surface area (Å²) in [7, 11) is 0. The smallest absolute Gasteiger partial charge is 0.269 e. The molecule has 3 N–H and O–H groups in total. The summed E-state index contributed by atoms with van der Waals surface area (Å²) in [5, 5.41) is 10.4. The third-order valence-corrected chi connectivity index (χ3v) is 4.09. The number of amides is 2. The van der Waals surface area contributed by atoms with Gasteiger partial charge in [-0.3, -0.25) is 14.7 Å². The van der Waals surface area contributed by atoms with Gasteiger partial charge < -0.3 is 10.6 Å². The molecule has 1 aromatic heterocycles. The highest BCUT2D eigenvalue weighted by atomic mass is 35.5. The van der Waals surface area contributed by atoms with Gasteiger partial charge in [0.15, 0.2) is 17.5 Å². The Kier molecular flexibility index (Phi) is 5.83. The highest BCUT2D eigenvalue weighted by Gasteiger charge is 2.17. The van der Waals surface area contributed by atoms with Crippen LogP contribution in [0.5, 0.6) is 0 Å². The molecule has 150 valence electrons. The lowest BCUT2D eigenvalue weighted by Crippen LogP contribution is -2.23. The number of hydrogen-bond donors (Lipinski definition) is 3. The molecule has 0 bridgehead atoms. The molecule has 0 spiro atoms. The van der Waals surface area contributed by atoms with Gasteiger partial charge in [0.05, 0.1) is 10.6 Å². The van der Waals surface area contributed by atoms with Gasteiger partial charge in [-0.05, 0) is 18.2 Å². The lowest BCUT2D eigenvalue weighted by molar-refractivity contribution is 0.0944. The van der Waals surface area contributed by atoms with Crippen molar-refractivity contribution >= 4 is 29.2 Å². The van der Waals surface area contributed by atoms with E-state index in [1.165, 1.54) is 12.1 Å². The number of aromatic nitrogens is 2. The van der Waals surface area contributed by atoms with Gasteiger partial charge in [0, 0.05) is 24.2 Å². The molecule has 29 heavy (non-hydrogen) atoms. The molecule has 2 amide bonds. The van der Waals surface area contributed by atoms with Crippen molar-refractivity contribution in [1.29, 1.82) is 0 Å². The van der Waals surface area contributed by atoms with Gasteiger partial charge >= 0.3 is 0 Å². The Labute approximate surface area is 165 Å². The van der Waals surface area contributed by atoms with Crippen molar-refractivity contribution in [2.45, 2.75) is 6.54 Å². The lowest BCUT2D eigenvalue weighted by Gasteiger charge is -2.05. The second-order valence-electron chi connectivity index (χ2n) is 5.79. The summed E-state index contributed by atoms with van der Waals surface area (Å²) in [5.41, 5.74) is -0.327. The topological polar surface area (TPSA) is 86.9 Å². The Morgan fingerprint density at radius 2 is 1.69 bits per heavy atom. The number of carbonyl (C=O) groups is 2. The molecule has 0 fully saturated rings. The van der Waals surface area contributed by atoms with Gasteiger partial charge in [-0.15, -0.1) is 0 Å². The van der Waals surface area contributed by atoms with Crippen molar-refractivity contribution in [3.8, 4) is 0 Å². The molecule has 1 heterocycles. The number of benzene rings is 2. The number of carbonyl (C=O) groups excluding carboxylic acids is 2. The monoisotopic (exact) mass is 426 g/mol. The molecule has 6 nitrogen and oxygen atoms in total. The number of halogens is 5. The van der Waals surface area contributed by atoms with Gasteiger partial charge in [0.25, 0.3) is 11.8 Å². The highest BCUT2D eigenvalue weighted by molar-refractivity contribution is 6.34. The predicted octanol–water partition coefficient (Wildman–Crippen LogP) is 3.80. The van der Waals surface area contributed by atoms with Gasteiger partial charge in [0.1, 0.15) is 17.3 Å². The Morgan fingerprint density at radius 1 is 0.966 bits per heavy atom. The minimum Gasteiger partial charge on any atom is -0.347 e. The zero-order valence-electron chi connectivity index (χ0n) is 14.3. The second kappa shape index (κ2) is 8.31. The fraction of sp³-hybridized carbons (Fsp3) is 0.0556. The number of rotatable bonds is 5. The second-order valence-corrected chi connectivity index (χ2v) is 6.19. The highest BCUT2D eigenvalue weighted by Crippen LogP contribution is 2.21. The average molecular weight is 427 g/mol. The standard InChI is InChI=1S/C18H11ClF4N4O2/c19-11-5-14(23)13(22)4-10(11)17(28)25-16-6-15(26-27-16)18(29)24-7-8-1-2-9(20)3-12(8)21/h1-6H,7H2,(H,24,29)(H2,25,26,27,28). The van der Waals surface area contributed by atoms with E-state index in [-0.39, 0.29) is 34.2 Å². The van der Waals surface area contributed by atoms with Crippen molar-refractivity contribution < 1.29 is 27.2 Å². The Hall–Kier alpha value is -3.40. The summed E-state index contributed by atoms with van der Waals surface area (Å²) >= 11 is 5.73. The van der Waals surface area contributed by atoms with Crippen LogP contribution in [0.2, 0.25) is 5.02 Å². The molecule has 0 atom stereocenters. The summed E-state index contributed by atoms with van der Waals surface area (Å²) in [6.07, 6.45) is 0. The van der Waals surface area contributed by atoms with Crippen molar-refractivity contribution in [3.63, 3.8) is 0 Å². The maximum atomic E-state index is 13.6. The van der Waals surface area contributed by atoms with Crippen molar-refractivity contribution in [3.05, 3.63) is 81.5 Å². The quantitative estimate of drug-likeness (QED) is 0.428. The van der Waals surface area contributed by atoms with Crippen LogP contribution < -0.4 is 10.6 Å². The summed E-state index contributed by atoms with van der Waals surface area (Å²) < 4.78 is 52.9. The van der Waals surface area contributed by atoms with Crippen LogP contribution in [0.25, 0.3) is 0 Å². The number of H-pyrrole nitrogens is 1. The van der Waals surface area contributed by atoms with Crippen LogP contribution in [-0.4, -0.2) is 22.0 Å². The third-order valence-electron chi connectivity index (χ3n) is 3.77. The first-order chi connectivity index (χ1) is 13.7. The van der Waals surface area contributed by atoms with Crippen molar-refractivity contribution in [1.82, 2.24) is 15.5 Å². The maximum absolute atomic E-state index is 13.6. The van der Waals surface area contributed by atoms with E-state index in [1.807, 2.05) is 0 Å². The average Bonchev–Trinajstić information content (AvgIpc) is 3.12. The Balaban J connectivity index is 1.65. The number of nitrogens with one attached hydrogen (secondary N) is 3. The molecule has 3 aromatic rings. The molecule has 3 rings (SSSR count). The molecule has 2 aromatic carbocycles. The van der Waals surface area contributed by atoms with Gasteiger partial charge in [-0.25, -0.2) is 17.6 Å². The molecule has 11 heteroatoms. The van der Waals surface area contributed by atoms with Crippen LogP contribution >= 0.6 is 11.6 Å². The van der Waals surface area contributed by atoms with E-state index in [0.29, 0.717) is 18.2 Å². The molecule has 0 saturated heterocycles. The lowest BCUT2D eigenvalue weighted by atomic mass is 10.2. The largest absolute Gasteiger partial charge is 0.347 e. The molecular weight excluding hydrogens is 416 g/mol. The molecule has 0 aliphatic carbocycles. The first-order valence-corrected chi connectivity index (χ1v) is 8.36. The zero-order chi connectivity index (χ0) is 21.1. The van der Waals surface area contributed by atoms with E-state index >= 15 is 0 Å². The van der Waals surface area contributed by atoms with Crippen molar-refractivity contribution in [2.75, 3.05) is 5.32 Å². The fourth-order valence-electron chi connectivity index (χ4n) is 2.32. The van der Waals surface area contributed by atoms with E-state index in [1.54, 1.807) is 0 Å². The normalized spacial score (nSPS) is 10.7. The van der Waals surface area contributed by atoms with E-state index in [4.69, 9.17) is 11.6 Å². The SMILES string of the molecule is O=C(NCc1ccc(F)cc1F)c1cc(NC(=O)c2cc(F)c(F)cc2Cl)n[nH]1. The Morgan fingerprint density at radius 3 is 2.41 bits per heavy atom. The zero-order valence-corrected chi connectivity index (χ0v) is 15.1. The molecular formula is C18H11ClF4N4O2. The Bertz CT molecular complexity index is 1100. The summed E-state index contributed by atoms with van der Waals surface area (Å²) in [4.78, 5) is 24.2. The van der Waals surface area contributed by atoms with E-state index < -0.39 is 35.1 Å². The predicted molar refractivity (Wildman–Crippen MR) is 95.4 cm³/mol. The van der Waals surface area contributed by atoms with E-state index in [9.17, 15) is 27.2 Å². The molecule has 0 radical (unpaired) electrons. The molecule has 0 aliphatic heterocycles. The summed E-state index contributed by atoms with van der Waals surface area (Å²) in [6.45, 7) is -0.212. The summed E-state index contributed by atoms with van der Waals surface area (Å²) in [5.74, 6) is -5.65. The minimum atomic E-state index is -1.25. The third kappa shape index (κ3) is 4.72. The van der Waals surface area contributed by atoms with Crippen LogP contribution in [0.3, 0.4) is 0 Å². The number of aromatic amines is 1. The molecule has 0 saturated carbocycles. The van der Waals surface area contributed by atoms with Gasteiger partial charge in [0.2, 0.25) is 0 Å². The number of nitrogens with zero attached hydrogens (tertiary/aromatic N) is 1. The number of anilines is 1. The molecule has 0 unspecified atom stereocenters. The first-order valence-electron chi connectivity index (χ1n) is 7.98. The first kappa shape index (κ1) is 20.3. The van der Waals surface area contributed by atoms with Crippen LogP contribution in [0.1, 0.15) is 26.4 Å². The fourth-order valence-corrected chi connectivity index (χ4v) is 2.55. The van der Waals surface area contributed by atoms with Crippen LogP contribution in [0.4, 0.5) is 23.4 Å². The number of hydrogen-bond acceptors (Lipinski definition) is 3. The van der Waals surface area contributed by atoms with Crippen molar-refractivity contribution in [2.24, 2.45) is 0 Å². The van der Waals surface area contributed by atoms with Crippen LogP contribution in [0.15, 0.2) is 36.4 Å². The van der Waals surface area contributed by atoms with E-state index in [2.05, 4.69) is 20.8 Å². The van der Waals surface area contributed by atoms with Crippen LogP contribution in [-0.2, 0) is 6.54 Å². The van der Waals surface area contributed by atoms with Gasteiger partial charge in [-0.1, -0.05) is 17.7 Å². The minimum absolute atomic E-state index is 0.0702. The van der Waals surface area contributed by atoms with E-state index in [0.717, 1.165) is 6.07 Å². The van der Waals surface area contributed by atoms with Crippen LogP contribution in [0, 0.1) is 23.3 Å².